The van der Waals surface area contributed by atoms with Crippen molar-refractivity contribution in [2.24, 2.45) is 0 Å². The normalized spacial score (nSPS) is 13.6. The van der Waals surface area contributed by atoms with E-state index < -0.39 is 11.8 Å². The Hall–Kier alpha value is -3.16. The van der Waals surface area contributed by atoms with Gasteiger partial charge < -0.3 is 15.7 Å². The summed E-state index contributed by atoms with van der Waals surface area (Å²) < 4.78 is 0. The Morgan fingerprint density at radius 1 is 1.07 bits per heavy atom. The van der Waals surface area contributed by atoms with Crippen molar-refractivity contribution in [2.75, 3.05) is 23.8 Å². The van der Waals surface area contributed by atoms with Crippen molar-refractivity contribution in [3.63, 3.8) is 0 Å². The Kier molecular flexibility index (Phi) is 5.54. The van der Waals surface area contributed by atoms with Gasteiger partial charge in [-0.05, 0) is 42.5 Å². The summed E-state index contributed by atoms with van der Waals surface area (Å²) >= 11 is 5.88. The van der Waals surface area contributed by atoms with Gasteiger partial charge in [-0.3, -0.25) is 19.3 Å². The van der Waals surface area contributed by atoms with Crippen LogP contribution in [0.5, 0.6) is 0 Å². The fourth-order valence-electron chi connectivity index (χ4n) is 2.54. The topological polar surface area (TPSA) is 98.7 Å². The Morgan fingerprint density at radius 3 is 2.44 bits per heavy atom. The molecule has 0 radical (unpaired) electrons. The van der Waals surface area contributed by atoms with E-state index in [0.717, 1.165) is 4.90 Å². The van der Waals surface area contributed by atoms with E-state index in [1.807, 2.05) is 0 Å². The Bertz CT molecular complexity index is 925. The van der Waals surface area contributed by atoms with Crippen molar-refractivity contribution in [3.05, 3.63) is 70.9 Å². The number of nitrogens with zero attached hydrogens (tertiary/aromatic N) is 1. The van der Waals surface area contributed by atoms with Gasteiger partial charge in [0.15, 0.2) is 0 Å². The zero-order valence-electron chi connectivity index (χ0n) is 14.1. The third-order valence-corrected chi connectivity index (χ3v) is 4.08. The largest absolute Gasteiger partial charge is 0.395 e. The quantitative estimate of drug-likeness (QED) is 0.662. The summed E-state index contributed by atoms with van der Waals surface area (Å²) in [5.74, 6) is -1.26. The Balaban J connectivity index is 1.64. The van der Waals surface area contributed by atoms with Crippen LogP contribution in [0.25, 0.3) is 0 Å². The van der Waals surface area contributed by atoms with Crippen LogP contribution in [0.3, 0.4) is 0 Å². The van der Waals surface area contributed by atoms with Gasteiger partial charge in [-0.1, -0.05) is 17.7 Å². The molecule has 0 spiro atoms. The molecular formula is C19H16ClN3O4. The fraction of sp³-hybridized carbons (Fsp3) is 0.105. The lowest BCUT2D eigenvalue weighted by Gasteiger charge is -2.13. The predicted molar refractivity (Wildman–Crippen MR) is 101 cm³/mol. The van der Waals surface area contributed by atoms with Gasteiger partial charge in [-0.2, -0.15) is 0 Å². The summed E-state index contributed by atoms with van der Waals surface area (Å²) in [5, 5.41) is 15.0. The molecule has 0 saturated carbocycles. The second-order valence-electron chi connectivity index (χ2n) is 5.74. The molecule has 3 N–H and O–H groups in total. The van der Waals surface area contributed by atoms with Crippen molar-refractivity contribution in [2.45, 2.75) is 0 Å². The summed E-state index contributed by atoms with van der Waals surface area (Å²) in [6.07, 6.45) is 1.19. The third kappa shape index (κ3) is 4.33. The lowest BCUT2D eigenvalue weighted by Crippen LogP contribution is -2.34. The summed E-state index contributed by atoms with van der Waals surface area (Å²) in [5.41, 5.74) is 1.71. The van der Waals surface area contributed by atoms with Crippen LogP contribution in [0.1, 0.15) is 10.4 Å². The van der Waals surface area contributed by atoms with Gasteiger partial charge in [0.1, 0.15) is 5.70 Å². The van der Waals surface area contributed by atoms with E-state index in [4.69, 9.17) is 16.7 Å². The molecule has 2 aromatic carbocycles. The number of carbonyl (C=O) groups is 3. The molecule has 1 heterocycles. The van der Waals surface area contributed by atoms with E-state index in [2.05, 4.69) is 10.6 Å². The van der Waals surface area contributed by atoms with E-state index in [1.165, 1.54) is 6.08 Å². The number of aliphatic hydroxyl groups is 1. The maximum absolute atomic E-state index is 12.2. The fourth-order valence-corrected chi connectivity index (χ4v) is 2.73. The molecule has 3 rings (SSSR count). The molecule has 0 atom stereocenters. The van der Waals surface area contributed by atoms with Gasteiger partial charge in [0.2, 0.25) is 0 Å². The number of aliphatic hydroxyl groups excluding tert-OH is 1. The van der Waals surface area contributed by atoms with Crippen molar-refractivity contribution < 1.29 is 19.5 Å². The average molecular weight is 386 g/mol. The first-order chi connectivity index (χ1) is 13.0. The number of imide groups is 1. The van der Waals surface area contributed by atoms with E-state index in [0.29, 0.717) is 22.0 Å². The number of benzene rings is 2. The average Bonchev–Trinajstić information content (AvgIpc) is 2.91. The number of carbonyl (C=O) groups excluding carboxylic acids is 3. The van der Waals surface area contributed by atoms with Crippen molar-refractivity contribution in [1.82, 2.24) is 4.90 Å². The van der Waals surface area contributed by atoms with Crippen LogP contribution in [-0.2, 0) is 9.59 Å². The van der Waals surface area contributed by atoms with Crippen molar-refractivity contribution in [3.8, 4) is 0 Å². The van der Waals surface area contributed by atoms with Gasteiger partial charge >= 0.3 is 0 Å². The highest BCUT2D eigenvalue weighted by Gasteiger charge is 2.30. The predicted octanol–water partition coefficient (Wildman–Crippen LogP) is 2.25. The van der Waals surface area contributed by atoms with E-state index in [-0.39, 0.29) is 24.8 Å². The number of hydrogen-bond acceptors (Lipinski definition) is 5. The first kappa shape index (κ1) is 18.6. The molecule has 0 saturated heterocycles. The van der Waals surface area contributed by atoms with Gasteiger partial charge in [0, 0.05) is 28.0 Å². The SMILES string of the molecule is O=C(Nc1ccc(NC2=CC(=O)N(CCO)C2=O)cc1)c1cccc(Cl)c1. The number of rotatable bonds is 6. The molecule has 0 aliphatic carbocycles. The number of β-amino-alcohol motifs (C(OH)–C–C–N with tert-alkyl or cyclic N) is 1. The number of hydrogen-bond donors (Lipinski definition) is 3. The van der Waals surface area contributed by atoms with Crippen LogP contribution < -0.4 is 10.6 Å². The van der Waals surface area contributed by atoms with E-state index in [9.17, 15) is 14.4 Å². The number of anilines is 2. The second-order valence-corrected chi connectivity index (χ2v) is 6.18. The highest BCUT2D eigenvalue weighted by atomic mass is 35.5. The minimum Gasteiger partial charge on any atom is -0.395 e. The van der Waals surface area contributed by atoms with Crippen LogP contribution in [-0.4, -0.2) is 40.9 Å². The van der Waals surface area contributed by atoms with Gasteiger partial charge in [-0.15, -0.1) is 0 Å². The smallest absolute Gasteiger partial charge is 0.277 e. The maximum atomic E-state index is 12.2. The molecule has 27 heavy (non-hydrogen) atoms. The van der Waals surface area contributed by atoms with Crippen LogP contribution in [0.2, 0.25) is 5.02 Å². The van der Waals surface area contributed by atoms with Crippen LogP contribution >= 0.6 is 11.6 Å². The molecule has 1 aliphatic heterocycles. The second kappa shape index (κ2) is 8.03. The zero-order chi connectivity index (χ0) is 19.4. The number of halogens is 1. The van der Waals surface area contributed by atoms with Crippen LogP contribution in [0.15, 0.2) is 60.3 Å². The molecule has 1 aliphatic rings. The van der Waals surface area contributed by atoms with Crippen molar-refractivity contribution >= 4 is 40.7 Å². The maximum Gasteiger partial charge on any atom is 0.277 e. The first-order valence-electron chi connectivity index (χ1n) is 8.10. The lowest BCUT2D eigenvalue weighted by molar-refractivity contribution is -0.137. The molecule has 8 heteroatoms. The van der Waals surface area contributed by atoms with E-state index in [1.54, 1.807) is 48.5 Å². The van der Waals surface area contributed by atoms with Crippen molar-refractivity contribution in [1.29, 1.82) is 0 Å². The molecule has 3 amide bonds. The molecule has 0 unspecified atom stereocenters. The summed E-state index contributed by atoms with van der Waals surface area (Å²) in [6.45, 7) is -0.340. The molecule has 7 nitrogen and oxygen atoms in total. The molecule has 2 aromatic rings. The zero-order valence-corrected chi connectivity index (χ0v) is 14.9. The number of nitrogens with one attached hydrogen (secondary N) is 2. The minimum atomic E-state index is -0.493. The molecule has 138 valence electrons. The molecule has 0 fully saturated rings. The first-order valence-corrected chi connectivity index (χ1v) is 8.48. The Morgan fingerprint density at radius 2 is 1.78 bits per heavy atom. The summed E-state index contributed by atoms with van der Waals surface area (Å²) in [7, 11) is 0. The molecule has 0 bridgehead atoms. The highest BCUT2D eigenvalue weighted by molar-refractivity contribution is 6.31. The highest BCUT2D eigenvalue weighted by Crippen LogP contribution is 2.20. The Labute approximate surface area is 160 Å². The molecular weight excluding hydrogens is 370 g/mol. The van der Waals surface area contributed by atoms with Gasteiger partial charge in [-0.25, -0.2) is 0 Å². The van der Waals surface area contributed by atoms with Gasteiger partial charge in [0.25, 0.3) is 17.7 Å². The monoisotopic (exact) mass is 385 g/mol. The van der Waals surface area contributed by atoms with E-state index >= 15 is 0 Å². The molecule has 0 aromatic heterocycles. The van der Waals surface area contributed by atoms with Crippen LogP contribution in [0, 0.1) is 0 Å². The number of amides is 3. The van der Waals surface area contributed by atoms with Gasteiger partial charge in [0.05, 0.1) is 13.2 Å². The summed E-state index contributed by atoms with van der Waals surface area (Å²) in [4.78, 5) is 37.0. The summed E-state index contributed by atoms with van der Waals surface area (Å²) in [6, 6.07) is 13.3. The third-order valence-electron chi connectivity index (χ3n) is 3.84. The van der Waals surface area contributed by atoms with Crippen LogP contribution in [0.4, 0.5) is 11.4 Å². The standard InChI is InChI=1S/C19H16ClN3O4/c20-13-3-1-2-12(10-13)18(26)22-15-6-4-14(5-7-15)21-16-11-17(25)23(8-9-24)19(16)27/h1-7,10-11,21,24H,8-9H2,(H,22,26). The minimum absolute atomic E-state index is 0.0478. The lowest BCUT2D eigenvalue weighted by atomic mass is 10.2.